The van der Waals surface area contributed by atoms with Gasteiger partial charge < -0.3 is 10.5 Å². The van der Waals surface area contributed by atoms with Crippen LogP contribution in [0.15, 0.2) is 45.3 Å². The Morgan fingerprint density at radius 2 is 1.80 bits per heavy atom. The molecule has 1 atom stereocenters. The Balaban J connectivity index is 2.27. The van der Waals surface area contributed by atoms with Gasteiger partial charge in [0.05, 0.1) is 7.11 Å². The van der Waals surface area contributed by atoms with Gasteiger partial charge in [0.2, 0.25) is 0 Å². The minimum Gasteiger partial charge on any atom is -0.497 e. The number of nitrogens with two attached hydrogens (primary N) is 1. The fourth-order valence-corrected chi connectivity index (χ4v) is 3.08. The second kappa shape index (κ2) is 6.74. The van der Waals surface area contributed by atoms with Crippen molar-refractivity contribution in [2.45, 2.75) is 19.4 Å². The maximum Gasteiger partial charge on any atom is 0.119 e. The molecule has 1 unspecified atom stereocenters. The quantitative estimate of drug-likeness (QED) is 0.804. The summed E-state index contributed by atoms with van der Waals surface area (Å²) in [5, 5.41) is 0. The van der Waals surface area contributed by atoms with Gasteiger partial charge in [0.15, 0.2) is 0 Å². The topological polar surface area (TPSA) is 35.2 Å². The molecule has 0 heterocycles. The highest BCUT2D eigenvalue weighted by Gasteiger charge is 2.13. The van der Waals surface area contributed by atoms with Gasteiger partial charge in [-0.25, -0.2) is 0 Å². The van der Waals surface area contributed by atoms with Crippen LogP contribution in [0.4, 0.5) is 0 Å². The van der Waals surface area contributed by atoms with E-state index in [2.05, 4.69) is 50.9 Å². The molecule has 2 N–H and O–H groups in total. The molecule has 2 rings (SSSR count). The second-order valence-corrected chi connectivity index (χ2v) is 6.50. The molecule has 0 aliphatic heterocycles. The average molecular weight is 399 g/mol. The van der Waals surface area contributed by atoms with Crippen LogP contribution in [0, 0.1) is 6.92 Å². The largest absolute Gasteiger partial charge is 0.497 e. The van der Waals surface area contributed by atoms with E-state index >= 15 is 0 Å². The average Bonchev–Trinajstić information content (AvgIpc) is 2.43. The van der Waals surface area contributed by atoms with Crippen LogP contribution < -0.4 is 10.5 Å². The molecule has 2 aromatic rings. The third-order valence-electron chi connectivity index (χ3n) is 3.24. The zero-order valence-electron chi connectivity index (χ0n) is 11.5. The zero-order valence-corrected chi connectivity index (χ0v) is 14.7. The molecule has 0 aliphatic rings. The van der Waals surface area contributed by atoms with Crippen LogP contribution in [-0.2, 0) is 6.42 Å². The summed E-state index contributed by atoms with van der Waals surface area (Å²) in [6, 6.07) is 12.1. The van der Waals surface area contributed by atoms with Crippen molar-refractivity contribution in [2.24, 2.45) is 5.73 Å². The second-order valence-electron chi connectivity index (χ2n) is 4.79. The van der Waals surface area contributed by atoms with Crippen molar-refractivity contribution in [3.63, 3.8) is 0 Å². The lowest BCUT2D eigenvalue weighted by atomic mass is 9.98. The highest BCUT2D eigenvalue weighted by Crippen LogP contribution is 2.29. The Bertz CT molecular complexity index is 613. The molecule has 0 bridgehead atoms. The van der Waals surface area contributed by atoms with E-state index in [1.54, 1.807) is 7.11 Å². The molecule has 0 aliphatic carbocycles. The molecule has 20 heavy (non-hydrogen) atoms. The molecular formula is C16H17Br2NO. The van der Waals surface area contributed by atoms with E-state index in [1.807, 2.05) is 24.3 Å². The van der Waals surface area contributed by atoms with Crippen LogP contribution in [0.1, 0.15) is 22.7 Å². The minimum atomic E-state index is -0.0623. The molecule has 2 nitrogen and oxygen atoms in total. The van der Waals surface area contributed by atoms with Gasteiger partial charge in [-0.3, -0.25) is 0 Å². The number of hydrogen-bond donors (Lipinski definition) is 1. The Morgan fingerprint density at radius 1 is 1.10 bits per heavy atom. The van der Waals surface area contributed by atoms with E-state index in [4.69, 9.17) is 10.5 Å². The number of hydrogen-bond acceptors (Lipinski definition) is 2. The molecule has 2 aromatic carbocycles. The maximum atomic E-state index is 6.37. The van der Waals surface area contributed by atoms with Crippen LogP contribution in [0.3, 0.4) is 0 Å². The van der Waals surface area contributed by atoms with Gasteiger partial charge in [-0.1, -0.05) is 49.6 Å². The lowest BCUT2D eigenvalue weighted by Gasteiger charge is -2.16. The first-order chi connectivity index (χ1) is 9.51. The maximum absolute atomic E-state index is 6.37. The zero-order chi connectivity index (χ0) is 14.7. The summed E-state index contributed by atoms with van der Waals surface area (Å²) in [5.74, 6) is 0.846. The monoisotopic (exact) mass is 397 g/mol. The Hall–Kier alpha value is -0.840. The molecule has 4 heteroatoms. The summed E-state index contributed by atoms with van der Waals surface area (Å²) in [7, 11) is 1.67. The Kier molecular flexibility index (Phi) is 5.24. The summed E-state index contributed by atoms with van der Waals surface area (Å²) in [4.78, 5) is 0. The van der Waals surface area contributed by atoms with E-state index < -0.39 is 0 Å². The van der Waals surface area contributed by atoms with Gasteiger partial charge in [-0.05, 0) is 48.7 Å². The fraction of sp³-hybridized carbons (Fsp3) is 0.250. The van der Waals surface area contributed by atoms with Gasteiger partial charge in [-0.2, -0.15) is 0 Å². The molecule has 106 valence electrons. The van der Waals surface area contributed by atoms with Crippen LogP contribution in [0.2, 0.25) is 0 Å². The van der Waals surface area contributed by atoms with Crippen molar-refractivity contribution >= 4 is 31.9 Å². The van der Waals surface area contributed by atoms with Gasteiger partial charge in [0.25, 0.3) is 0 Å². The van der Waals surface area contributed by atoms with E-state index in [-0.39, 0.29) is 6.04 Å². The first-order valence-corrected chi connectivity index (χ1v) is 7.94. The first kappa shape index (κ1) is 15.5. The van der Waals surface area contributed by atoms with Crippen LogP contribution in [0.25, 0.3) is 0 Å². The highest BCUT2D eigenvalue weighted by molar-refractivity contribution is 9.10. The molecule has 0 saturated heterocycles. The first-order valence-electron chi connectivity index (χ1n) is 6.35. The van der Waals surface area contributed by atoms with E-state index in [1.165, 1.54) is 5.56 Å². The van der Waals surface area contributed by atoms with Gasteiger partial charge in [0, 0.05) is 15.0 Å². The van der Waals surface area contributed by atoms with Crippen molar-refractivity contribution in [3.05, 3.63) is 62.0 Å². The predicted octanol–water partition coefficient (Wildman–Crippen LogP) is 4.77. The van der Waals surface area contributed by atoms with E-state index in [9.17, 15) is 0 Å². The van der Waals surface area contributed by atoms with Gasteiger partial charge in [-0.15, -0.1) is 0 Å². The Morgan fingerprint density at radius 3 is 2.50 bits per heavy atom. The van der Waals surface area contributed by atoms with Crippen molar-refractivity contribution < 1.29 is 4.74 Å². The highest BCUT2D eigenvalue weighted by atomic mass is 79.9. The van der Waals surface area contributed by atoms with Crippen molar-refractivity contribution in [3.8, 4) is 5.75 Å². The van der Waals surface area contributed by atoms with Gasteiger partial charge in [0.1, 0.15) is 5.75 Å². The fourth-order valence-electron chi connectivity index (χ4n) is 2.13. The summed E-state index contributed by atoms with van der Waals surface area (Å²) in [6.07, 6.45) is 0.750. The minimum absolute atomic E-state index is 0.0623. The molecule has 0 amide bonds. The molecule has 0 fully saturated rings. The number of ether oxygens (including phenoxy) is 1. The number of rotatable bonds is 4. The molecule has 0 radical (unpaired) electrons. The summed E-state index contributed by atoms with van der Waals surface area (Å²) in [6.45, 7) is 2.07. The van der Waals surface area contributed by atoms with E-state index in [0.717, 1.165) is 32.2 Å². The molecular weight excluding hydrogens is 382 g/mol. The number of aryl methyl sites for hydroxylation is 1. The molecule has 0 aromatic heterocycles. The number of methoxy groups -OCH3 is 1. The lowest BCUT2D eigenvalue weighted by molar-refractivity contribution is 0.414. The number of benzene rings is 2. The van der Waals surface area contributed by atoms with Crippen molar-refractivity contribution in [1.29, 1.82) is 0 Å². The third kappa shape index (κ3) is 3.62. The van der Waals surface area contributed by atoms with Crippen molar-refractivity contribution in [2.75, 3.05) is 7.11 Å². The standard InChI is InChI=1S/C16H17Br2NO/c1-10-3-5-15(18)13(7-10)16(19)9-11-8-12(20-2)4-6-14(11)17/h3-8,16H,9,19H2,1-2H3. The number of halogens is 2. The predicted molar refractivity (Wildman–Crippen MR) is 90.2 cm³/mol. The molecule has 0 spiro atoms. The van der Waals surface area contributed by atoms with Crippen LogP contribution in [-0.4, -0.2) is 7.11 Å². The summed E-state index contributed by atoms with van der Waals surface area (Å²) in [5.41, 5.74) is 9.85. The van der Waals surface area contributed by atoms with Crippen molar-refractivity contribution in [1.82, 2.24) is 0 Å². The summed E-state index contributed by atoms with van der Waals surface area (Å²) >= 11 is 7.15. The third-order valence-corrected chi connectivity index (χ3v) is 4.74. The van der Waals surface area contributed by atoms with Gasteiger partial charge >= 0.3 is 0 Å². The Labute approximate surface area is 136 Å². The van der Waals surface area contributed by atoms with Crippen LogP contribution in [0.5, 0.6) is 5.75 Å². The van der Waals surface area contributed by atoms with E-state index in [0.29, 0.717) is 0 Å². The SMILES string of the molecule is COc1ccc(Br)c(CC(N)c2cc(C)ccc2Br)c1. The molecule has 0 saturated carbocycles. The lowest BCUT2D eigenvalue weighted by Crippen LogP contribution is -2.14. The normalized spacial score (nSPS) is 12.2. The summed E-state index contributed by atoms with van der Waals surface area (Å²) < 4.78 is 7.37. The smallest absolute Gasteiger partial charge is 0.119 e. The van der Waals surface area contributed by atoms with Crippen LogP contribution >= 0.6 is 31.9 Å².